The number of ether oxygens (including phenoxy) is 3. The molecule has 2 heterocycles. The number of benzene rings is 2. The molecule has 2 aromatic carbocycles. The molecule has 0 radical (unpaired) electrons. The fourth-order valence-corrected chi connectivity index (χ4v) is 2.96. The summed E-state index contributed by atoms with van der Waals surface area (Å²) in [6.45, 7) is 2.49. The number of aromatic amines is 1. The van der Waals surface area contributed by atoms with E-state index < -0.39 is 4.92 Å². The van der Waals surface area contributed by atoms with Crippen LogP contribution in [-0.4, -0.2) is 39.4 Å². The maximum absolute atomic E-state index is 11.4. The van der Waals surface area contributed by atoms with E-state index in [1.165, 1.54) is 23.0 Å². The Morgan fingerprint density at radius 1 is 1.34 bits per heavy atom. The molecule has 0 bridgehead atoms. The first-order valence-corrected chi connectivity index (χ1v) is 9.00. The van der Waals surface area contributed by atoms with Gasteiger partial charge >= 0.3 is 0 Å². The topological polar surface area (TPSA) is 117 Å². The zero-order chi connectivity index (χ0) is 20.4. The summed E-state index contributed by atoms with van der Waals surface area (Å²) >= 11 is 5.25. The van der Waals surface area contributed by atoms with Crippen molar-refractivity contribution in [2.45, 2.75) is 6.92 Å². The minimum Gasteiger partial charge on any atom is -0.494 e. The van der Waals surface area contributed by atoms with Crippen molar-refractivity contribution in [3.63, 3.8) is 0 Å². The van der Waals surface area contributed by atoms with Gasteiger partial charge in [0.25, 0.3) is 5.69 Å². The molecule has 0 amide bonds. The molecular formula is C18H15N5O5S. The van der Waals surface area contributed by atoms with Crippen LogP contribution >= 0.6 is 12.2 Å². The average molecular weight is 413 g/mol. The van der Waals surface area contributed by atoms with Gasteiger partial charge in [-0.1, -0.05) is 0 Å². The lowest BCUT2D eigenvalue weighted by Gasteiger charge is -2.05. The molecule has 1 aliphatic rings. The summed E-state index contributed by atoms with van der Waals surface area (Å²) in [5.74, 6) is 1.93. The first kappa shape index (κ1) is 18.6. The number of nitrogens with one attached hydrogen (secondary N) is 1. The largest absolute Gasteiger partial charge is 0.494 e. The Balaban J connectivity index is 1.71. The SMILES string of the molecule is CCOc1ccc(-c2n[nH]c(=S)n2N=Cc2cc3c(cc2[N+](=O)[O-])OCO3)cc1. The van der Waals surface area contributed by atoms with Gasteiger partial charge in [0.05, 0.1) is 29.4 Å². The third kappa shape index (κ3) is 3.67. The summed E-state index contributed by atoms with van der Waals surface area (Å²) in [7, 11) is 0. The number of aromatic nitrogens is 3. The summed E-state index contributed by atoms with van der Waals surface area (Å²) in [6, 6.07) is 10.1. The molecule has 29 heavy (non-hydrogen) atoms. The molecule has 0 atom stereocenters. The summed E-state index contributed by atoms with van der Waals surface area (Å²) < 4.78 is 17.6. The van der Waals surface area contributed by atoms with Gasteiger partial charge < -0.3 is 14.2 Å². The van der Waals surface area contributed by atoms with Crippen molar-refractivity contribution >= 4 is 24.1 Å². The molecule has 0 saturated carbocycles. The van der Waals surface area contributed by atoms with Crippen LogP contribution in [0, 0.1) is 14.9 Å². The number of H-pyrrole nitrogens is 1. The van der Waals surface area contributed by atoms with Crippen molar-refractivity contribution < 1.29 is 19.1 Å². The van der Waals surface area contributed by atoms with Crippen LogP contribution in [0.3, 0.4) is 0 Å². The third-order valence-corrected chi connectivity index (χ3v) is 4.37. The van der Waals surface area contributed by atoms with Gasteiger partial charge in [0.15, 0.2) is 17.3 Å². The van der Waals surface area contributed by atoms with E-state index in [0.717, 1.165) is 11.3 Å². The Morgan fingerprint density at radius 2 is 2.07 bits per heavy atom. The monoisotopic (exact) mass is 413 g/mol. The highest BCUT2D eigenvalue weighted by molar-refractivity contribution is 7.71. The third-order valence-electron chi connectivity index (χ3n) is 4.10. The van der Waals surface area contributed by atoms with Crippen molar-refractivity contribution in [2.75, 3.05) is 13.4 Å². The Morgan fingerprint density at radius 3 is 2.76 bits per heavy atom. The van der Waals surface area contributed by atoms with E-state index in [4.69, 9.17) is 26.4 Å². The van der Waals surface area contributed by atoms with E-state index in [1.807, 2.05) is 31.2 Å². The Kier molecular flexibility index (Phi) is 4.96. The van der Waals surface area contributed by atoms with Crippen molar-refractivity contribution in [2.24, 2.45) is 5.10 Å². The average Bonchev–Trinajstić information content (AvgIpc) is 3.32. The molecule has 0 aliphatic carbocycles. The molecule has 4 rings (SSSR count). The van der Waals surface area contributed by atoms with E-state index >= 15 is 0 Å². The van der Waals surface area contributed by atoms with Gasteiger partial charge in [-0.05, 0) is 49.5 Å². The summed E-state index contributed by atoms with van der Waals surface area (Å²) in [4.78, 5) is 10.9. The van der Waals surface area contributed by atoms with Gasteiger partial charge in [0.2, 0.25) is 11.6 Å². The molecule has 1 aliphatic heterocycles. The number of rotatable bonds is 6. The second-order valence-corrected chi connectivity index (χ2v) is 6.27. The fourth-order valence-electron chi connectivity index (χ4n) is 2.78. The number of nitro groups is 1. The van der Waals surface area contributed by atoms with Gasteiger partial charge in [0.1, 0.15) is 5.75 Å². The molecule has 1 aromatic heterocycles. The van der Waals surface area contributed by atoms with Crippen molar-refractivity contribution in [3.8, 4) is 28.6 Å². The van der Waals surface area contributed by atoms with Gasteiger partial charge in [-0.2, -0.15) is 14.9 Å². The maximum Gasteiger partial charge on any atom is 0.282 e. The number of fused-ring (bicyclic) bond motifs is 1. The van der Waals surface area contributed by atoms with Crippen molar-refractivity contribution in [1.82, 2.24) is 14.9 Å². The lowest BCUT2D eigenvalue weighted by atomic mass is 10.1. The molecule has 3 aromatic rings. The standard InChI is InChI=1S/C18H15N5O5S/c1-2-26-13-5-3-11(4-6-13)17-20-21-18(29)22(17)19-9-12-7-15-16(28-10-27-15)8-14(12)23(24)25/h3-9H,2,10H2,1H3,(H,21,29). The van der Waals surface area contributed by atoms with Crippen molar-refractivity contribution in [1.29, 1.82) is 0 Å². The highest BCUT2D eigenvalue weighted by Gasteiger charge is 2.22. The van der Waals surface area contributed by atoms with E-state index in [0.29, 0.717) is 23.9 Å². The van der Waals surface area contributed by atoms with Crippen LogP contribution < -0.4 is 14.2 Å². The molecule has 10 nitrogen and oxygen atoms in total. The van der Waals surface area contributed by atoms with Crippen LogP contribution in [0.2, 0.25) is 0 Å². The normalized spacial score (nSPS) is 12.4. The van der Waals surface area contributed by atoms with E-state index in [2.05, 4.69) is 15.3 Å². The number of hydrogen-bond acceptors (Lipinski definition) is 8. The minimum atomic E-state index is -0.509. The molecule has 0 unspecified atom stereocenters. The Bertz CT molecular complexity index is 1150. The zero-order valence-electron chi connectivity index (χ0n) is 15.2. The van der Waals surface area contributed by atoms with Crippen LogP contribution in [0.15, 0.2) is 41.5 Å². The first-order valence-electron chi connectivity index (χ1n) is 8.60. The second kappa shape index (κ2) is 7.72. The Labute approximate surface area is 169 Å². The highest BCUT2D eigenvalue weighted by atomic mass is 32.1. The van der Waals surface area contributed by atoms with Gasteiger partial charge in [-0.25, -0.2) is 5.10 Å². The Hall–Kier alpha value is -3.73. The van der Waals surface area contributed by atoms with Crippen LogP contribution in [0.4, 0.5) is 5.69 Å². The fraction of sp³-hybridized carbons (Fsp3) is 0.167. The molecule has 0 spiro atoms. The van der Waals surface area contributed by atoms with Crippen molar-refractivity contribution in [3.05, 3.63) is 56.8 Å². The molecule has 148 valence electrons. The first-order chi connectivity index (χ1) is 14.1. The second-order valence-electron chi connectivity index (χ2n) is 5.89. The van der Waals surface area contributed by atoms with E-state index in [9.17, 15) is 10.1 Å². The van der Waals surface area contributed by atoms with Gasteiger partial charge in [-0.15, -0.1) is 0 Å². The lowest BCUT2D eigenvalue weighted by Crippen LogP contribution is -1.98. The summed E-state index contributed by atoms with van der Waals surface area (Å²) in [5, 5.41) is 22.6. The predicted molar refractivity (Wildman–Crippen MR) is 106 cm³/mol. The molecule has 0 saturated heterocycles. The van der Waals surface area contributed by atoms with E-state index in [-0.39, 0.29) is 22.8 Å². The zero-order valence-corrected chi connectivity index (χ0v) is 16.0. The van der Waals surface area contributed by atoms with E-state index in [1.54, 1.807) is 0 Å². The van der Waals surface area contributed by atoms with Gasteiger partial charge in [0, 0.05) is 5.56 Å². The van der Waals surface area contributed by atoms with Crippen LogP contribution in [0.1, 0.15) is 12.5 Å². The maximum atomic E-state index is 11.4. The van der Waals surface area contributed by atoms with Gasteiger partial charge in [-0.3, -0.25) is 10.1 Å². The number of nitro benzene ring substituents is 1. The number of nitrogens with zero attached hydrogens (tertiary/aromatic N) is 4. The molecule has 1 N–H and O–H groups in total. The quantitative estimate of drug-likeness (QED) is 0.284. The summed E-state index contributed by atoms with van der Waals surface area (Å²) in [6.07, 6.45) is 1.34. The molecule has 11 heteroatoms. The minimum absolute atomic E-state index is 0.0156. The van der Waals surface area contributed by atoms with Crippen LogP contribution in [-0.2, 0) is 0 Å². The van der Waals surface area contributed by atoms with Crippen LogP contribution in [0.25, 0.3) is 11.4 Å². The molecular weight excluding hydrogens is 398 g/mol. The number of hydrogen-bond donors (Lipinski definition) is 1. The van der Waals surface area contributed by atoms with Crippen LogP contribution in [0.5, 0.6) is 17.2 Å². The predicted octanol–water partition coefficient (Wildman–Crippen LogP) is 3.53. The molecule has 0 fully saturated rings. The summed E-state index contributed by atoms with van der Waals surface area (Å²) in [5.41, 5.74) is 0.841. The lowest BCUT2D eigenvalue weighted by molar-refractivity contribution is -0.385. The highest BCUT2D eigenvalue weighted by Crippen LogP contribution is 2.37. The smallest absolute Gasteiger partial charge is 0.282 e.